The van der Waals surface area contributed by atoms with E-state index in [0.717, 1.165) is 25.8 Å². The van der Waals surface area contributed by atoms with Crippen molar-refractivity contribution in [1.82, 2.24) is 4.90 Å². The minimum absolute atomic E-state index is 0.112. The zero-order valence-electron chi connectivity index (χ0n) is 11.3. The highest BCUT2D eigenvalue weighted by atomic mass is 35.5. The lowest BCUT2D eigenvalue weighted by molar-refractivity contribution is -0.136. The van der Waals surface area contributed by atoms with Gasteiger partial charge in [-0.25, -0.2) is 0 Å². The second-order valence-electron chi connectivity index (χ2n) is 5.94. The quantitative estimate of drug-likeness (QED) is 0.723. The van der Waals surface area contributed by atoms with Crippen molar-refractivity contribution in [2.24, 2.45) is 11.8 Å². The predicted molar refractivity (Wildman–Crippen MR) is 77.3 cm³/mol. The van der Waals surface area contributed by atoms with Crippen LogP contribution in [0.15, 0.2) is 24.3 Å². The summed E-state index contributed by atoms with van der Waals surface area (Å²) in [6, 6.07) is 8.41. The van der Waals surface area contributed by atoms with Crippen molar-refractivity contribution in [3.05, 3.63) is 35.4 Å². The fraction of sp³-hybridized carbons (Fsp3) is 0.562. The van der Waals surface area contributed by atoms with Crippen molar-refractivity contribution in [2.75, 3.05) is 13.1 Å². The van der Waals surface area contributed by atoms with Crippen LogP contribution in [0.4, 0.5) is 0 Å². The standard InChI is InChI=1S/C16H20ClNO/c1-11-6-7-18(10-15(11)17)16(19)14-8-12-4-2-3-5-13(12)9-14/h2-5,11,14-15H,6-10H2,1H3. The fourth-order valence-corrected chi connectivity index (χ4v) is 3.51. The Morgan fingerprint density at radius 2 is 1.89 bits per heavy atom. The number of carbonyl (C=O) groups is 1. The molecule has 102 valence electrons. The number of hydrogen-bond donors (Lipinski definition) is 0. The average Bonchev–Trinajstić information content (AvgIpc) is 2.85. The van der Waals surface area contributed by atoms with E-state index in [9.17, 15) is 4.79 Å². The zero-order chi connectivity index (χ0) is 13.4. The van der Waals surface area contributed by atoms with Crippen LogP contribution in [0.3, 0.4) is 0 Å². The topological polar surface area (TPSA) is 20.3 Å². The Kier molecular flexibility index (Phi) is 3.53. The Morgan fingerprint density at radius 3 is 2.47 bits per heavy atom. The Bertz CT molecular complexity index is 462. The van der Waals surface area contributed by atoms with Crippen LogP contribution >= 0.6 is 11.6 Å². The van der Waals surface area contributed by atoms with Crippen molar-refractivity contribution in [2.45, 2.75) is 31.6 Å². The summed E-state index contributed by atoms with van der Waals surface area (Å²) in [6.45, 7) is 3.76. The molecule has 1 aliphatic heterocycles. The van der Waals surface area contributed by atoms with Gasteiger partial charge in [0.1, 0.15) is 0 Å². The Hall–Kier alpha value is -1.02. The summed E-state index contributed by atoms with van der Waals surface area (Å²) in [5.74, 6) is 0.954. The van der Waals surface area contributed by atoms with E-state index in [1.807, 2.05) is 4.90 Å². The van der Waals surface area contributed by atoms with E-state index in [1.165, 1.54) is 11.1 Å². The van der Waals surface area contributed by atoms with Crippen LogP contribution in [0.25, 0.3) is 0 Å². The molecule has 2 unspecified atom stereocenters. The lowest BCUT2D eigenvalue weighted by atomic mass is 9.96. The number of amides is 1. The molecule has 3 heteroatoms. The summed E-state index contributed by atoms with van der Waals surface area (Å²) < 4.78 is 0. The second kappa shape index (κ2) is 5.16. The highest BCUT2D eigenvalue weighted by molar-refractivity contribution is 6.21. The molecule has 1 amide bonds. The van der Waals surface area contributed by atoms with Crippen molar-refractivity contribution in [3.8, 4) is 0 Å². The number of hydrogen-bond acceptors (Lipinski definition) is 1. The minimum Gasteiger partial charge on any atom is -0.341 e. The average molecular weight is 278 g/mol. The first-order valence-electron chi connectivity index (χ1n) is 7.15. The van der Waals surface area contributed by atoms with Gasteiger partial charge in [-0.15, -0.1) is 11.6 Å². The number of likely N-dealkylation sites (tertiary alicyclic amines) is 1. The fourth-order valence-electron chi connectivity index (χ4n) is 3.21. The number of carbonyl (C=O) groups excluding carboxylic acids is 1. The summed E-state index contributed by atoms with van der Waals surface area (Å²) in [6.07, 6.45) is 2.82. The minimum atomic E-state index is 0.112. The SMILES string of the molecule is CC1CCN(C(=O)C2Cc3ccccc3C2)CC1Cl. The number of benzene rings is 1. The largest absolute Gasteiger partial charge is 0.341 e. The number of fused-ring (bicyclic) bond motifs is 1. The van der Waals surface area contributed by atoms with Crippen LogP contribution in [0.2, 0.25) is 0 Å². The third-order valence-corrected chi connectivity index (χ3v) is 5.15. The molecule has 0 aromatic heterocycles. The Morgan fingerprint density at radius 1 is 1.26 bits per heavy atom. The summed E-state index contributed by atoms with van der Waals surface area (Å²) >= 11 is 6.31. The maximum absolute atomic E-state index is 12.6. The van der Waals surface area contributed by atoms with Crippen LogP contribution in [-0.2, 0) is 17.6 Å². The van der Waals surface area contributed by atoms with Gasteiger partial charge in [-0.2, -0.15) is 0 Å². The molecule has 0 radical (unpaired) electrons. The van der Waals surface area contributed by atoms with E-state index in [-0.39, 0.29) is 11.3 Å². The van der Waals surface area contributed by atoms with Crippen LogP contribution in [0.5, 0.6) is 0 Å². The molecule has 1 aliphatic carbocycles. The van der Waals surface area contributed by atoms with Gasteiger partial charge in [0.25, 0.3) is 0 Å². The lowest BCUT2D eigenvalue weighted by Crippen LogP contribution is -2.46. The maximum atomic E-state index is 12.6. The Balaban J connectivity index is 1.67. The van der Waals surface area contributed by atoms with E-state index < -0.39 is 0 Å². The molecular formula is C16H20ClNO. The first-order chi connectivity index (χ1) is 9.15. The molecule has 3 rings (SSSR count). The molecule has 19 heavy (non-hydrogen) atoms. The molecule has 0 spiro atoms. The summed E-state index contributed by atoms with van der Waals surface area (Å²) in [4.78, 5) is 14.6. The summed E-state index contributed by atoms with van der Waals surface area (Å²) in [7, 11) is 0. The van der Waals surface area contributed by atoms with Gasteiger partial charge in [0.05, 0.1) is 5.38 Å². The summed E-state index contributed by atoms with van der Waals surface area (Å²) in [5.41, 5.74) is 2.68. The molecule has 1 aromatic rings. The van der Waals surface area contributed by atoms with E-state index in [2.05, 4.69) is 31.2 Å². The van der Waals surface area contributed by atoms with Gasteiger partial charge in [0, 0.05) is 19.0 Å². The van der Waals surface area contributed by atoms with E-state index in [0.29, 0.717) is 18.4 Å². The molecule has 2 nitrogen and oxygen atoms in total. The molecule has 1 heterocycles. The van der Waals surface area contributed by atoms with Gasteiger partial charge in [-0.3, -0.25) is 4.79 Å². The van der Waals surface area contributed by atoms with Gasteiger partial charge in [-0.1, -0.05) is 31.2 Å². The highest BCUT2D eigenvalue weighted by Gasteiger charge is 2.34. The van der Waals surface area contributed by atoms with Crippen LogP contribution in [0.1, 0.15) is 24.5 Å². The van der Waals surface area contributed by atoms with Gasteiger partial charge in [0.15, 0.2) is 0 Å². The third-order valence-electron chi connectivity index (χ3n) is 4.58. The Labute approximate surface area is 119 Å². The number of piperidine rings is 1. The second-order valence-corrected chi connectivity index (χ2v) is 6.50. The van der Waals surface area contributed by atoms with Gasteiger partial charge < -0.3 is 4.90 Å². The van der Waals surface area contributed by atoms with E-state index in [1.54, 1.807) is 0 Å². The van der Waals surface area contributed by atoms with Gasteiger partial charge in [0.2, 0.25) is 5.91 Å². The summed E-state index contributed by atoms with van der Waals surface area (Å²) in [5, 5.41) is 0.112. The monoisotopic (exact) mass is 277 g/mol. The molecule has 2 atom stereocenters. The lowest BCUT2D eigenvalue weighted by Gasteiger charge is -2.35. The van der Waals surface area contributed by atoms with Crippen molar-refractivity contribution >= 4 is 17.5 Å². The molecule has 1 saturated heterocycles. The number of alkyl halides is 1. The number of nitrogens with zero attached hydrogens (tertiary/aromatic N) is 1. The number of halogens is 1. The smallest absolute Gasteiger partial charge is 0.226 e. The molecule has 1 aromatic carbocycles. The molecular weight excluding hydrogens is 258 g/mol. The van der Waals surface area contributed by atoms with Gasteiger partial charge >= 0.3 is 0 Å². The molecule has 0 N–H and O–H groups in total. The first-order valence-corrected chi connectivity index (χ1v) is 7.58. The molecule has 1 fully saturated rings. The van der Waals surface area contributed by atoms with Crippen LogP contribution in [-0.4, -0.2) is 29.3 Å². The number of rotatable bonds is 1. The van der Waals surface area contributed by atoms with Gasteiger partial charge in [-0.05, 0) is 36.3 Å². The van der Waals surface area contributed by atoms with E-state index >= 15 is 0 Å². The molecule has 0 saturated carbocycles. The molecule has 2 aliphatic rings. The highest BCUT2D eigenvalue weighted by Crippen LogP contribution is 2.30. The third kappa shape index (κ3) is 2.51. The predicted octanol–water partition coefficient (Wildman–Crippen LogP) is 2.88. The van der Waals surface area contributed by atoms with E-state index in [4.69, 9.17) is 11.6 Å². The van der Waals surface area contributed by atoms with Crippen molar-refractivity contribution in [3.63, 3.8) is 0 Å². The zero-order valence-corrected chi connectivity index (χ0v) is 12.1. The first kappa shape index (κ1) is 13.0. The van der Waals surface area contributed by atoms with Crippen LogP contribution in [0, 0.1) is 11.8 Å². The maximum Gasteiger partial charge on any atom is 0.226 e. The molecule has 0 bridgehead atoms. The normalized spacial score (nSPS) is 27.4. The van der Waals surface area contributed by atoms with Crippen molar-refractivity contribution in [1.29, 1.82) is 0 Å². The van der Waals surface area contributed by atoms with Crippen LogP contribution < -0.4 is 0 Å². The van der Waals surface area contributed by atoms with Crippen molar-refractivity contribution < 1.29 is 4.79 Å².